The molecule has 0 aliphatic rings. The molecule has 1 aromatic heterocycles. The molecule has 1 heterocycles. The third-order valence-corrected chi connectivity index (χ3v) is 3.61. The van der Waals surface area contributed by atoms with E-state index >= 15 is 0 Å². The van der Waals surface area contributed by atoms with Crippen molar-refractivity contribution in [2.24, 2.45) is 0 Å². The van der Waals surface area contributed by atoms with Gasteiger partial charge in [-0.1, -0.05) is 41.9 Å². The molecular formula is C17H14ClN3O2. The number of nitrogens with zero attached hydrogens (tertiary/aromatic N) is 2. The van der Waals surface area contributed by atoms with Crippen LogP contribution in [0.4, 0.5) is 10.5 Å². The Hall–Kier alpha value is -2.79. The molecule has 3 rings (SSSR count). The monoisotopic (exact) mass is 327 g/mol. The molecule has 5 nitrogen and oxygen atoms in total. The van der Waals surface area contributed by atoms with Crippen molar-refractivity contribution in [3.8, 4) is 11.4 Å². The molecule has 3 aromatic rings. The number of nitrogens with one attached hydrogen (secondary N) is 1. The highest BCUT2D eigenvalue weighted by atomic mass is 35.5. The predicted octanol–water partition coefficient (Wildman–Crippen LogP) is 4.45. The topological polar surface area (TPSA) is 56.1 Å². The molecular weight excluding hydrogens is 314 g/mol. The third-order valence-electron chi connectivity index (χ3n) is 3.28. The lowest BCUT2D eigenvalue weighted by atomic mass is 10.3. The van der Waals surface area contributed by atoms with Crippen molar-refractivity contribution in [3.05, 3.63) is 71.5 Å². The van der Waals surface area contributed by atoms with Crippen LogP contribution < -0.4 is 10.1 Å². The highest BCUT2D eigenvalue weighted by Gasteiger charge is 2.14. The van der Waals surface area contributed by atoms with Gasteiger partial charge in [-0.15, -0.1) is 0 Å². The number of carbonyl (C=O) groups excluding carboxylic acids is 1. The number of amides is 1. The average molecular weight is 328 g/mol. The molecule has 0 aliphatic carbocycles. The largest absolute Gasteiger partial charge is 0.417 e. The Balaban J connectivity index is 1.75. The first kappa shape index (κ1) is 15.1. The second-order valence-corrected chi connectivity index (χ2v) is 5.24. The number of halogens is 1. The Kier molecular flexibility index (Phi) is 4.30. The van der Waals surface area contributed by atoms with Gasteiger partial charge in [0.15, 0.2) is 5.75 Å². The maximum atomic E-state index is 12.0. The van der Waals surface area contributed by atoms with Gasteiger partial charge in [-0.3, -0.25) is 5.32 Å². The zero-order valence-corrected chi connectivity index (χ0v) is 13.1. The van der Waals surface area contributed by atoms with Crippen LogP contribution in [0.3, 0.4) is 0 Å². The molecule has 2 aromatic carbocycles. The van der Waals surface area contributed by atoms with E-state index in [1.54, 1.807) is 28.9 Å². The highest BCUT2D eigenvalue weighted by molar-refractivity contribution is 6.33. The number of aromatic nitrogens is 2. The van der Waals surface area contributed by atoms with Crippen LogP contribution in [0, 0.1) is 6.92 Å². The molecule has 1 amide bonds. The van der Waals surface area contributed by atoms with E-state index in [0.717, 1.165) is 11.4 Å². The Bertz CT molecular complexity index is 831. The number of carbonyl (C=O) groups is 1. The summed E-state index contributed by atoms with van der Waals surface area (Å²) in [6, 6.07) is 16.6. The standard InChI is InChI=1S/C17H14ClN3O2/c1-12-16(11-19-21(12)13-7-3-2-4-8-13)23-17(22)20-15-10-6-5-9-14(15)18/h2-11H,1H3,(H,20,22). The van der Waals surface area contributed by atoms with Gasteiger partial charge >= 0.3 is 6.09 Å². The van der Waals surface area contributed by atoms with E-state index in [1.807, 2.05) is 37.3 Å². The number of hydrogen-bond donors (Lipinski definition) is 1. The first-order valence-electron chi connectivity index (χ1n) is 6.98. The first-order chi connectivity index (χ1) is 11.1. The molecule has 0 aliphatic heterocycles. The van der Waals surface area contributed by atoms with E-state index in [-0.39, 0.29) is 0 Å². The van der Waals surface area contributed by atoms with Crippen molar-refractivity contribution < 1.29 is 9.53 Å². The summed E-state index contributed by atoms with van der Waals surface area (Å²) in [6.07, 6.45) is 0.892. The minimum Gasteiger partial charge on any atom is -0.406 e. The van der Waals surface area contributed by atoms with E-state index in [2.05, 4.69) is 10.4 Å². The fraction of sp³-hybridized carbons (Fsp3) is 0.0588. The first-order valence-corrected chi connectivity index (χ1v) is 7.36. The van der Waals surface area contributed by atoms with E-state index in [1.165, 1.54) is 6.20 Å². The zero-order chi connectivity index (χ0) is 16.2. The van der Waals surface area contributed by atoms with Gasteiger partial charge < -0.3 is 4.74 Å². The van der Waals surface area contributed by atoms with Gasteiger partial charge in [-0.2, -0.15) is 5.10 Å². The minimum absolute atomic E-state index is 0.387. The van der Waals surface area contributed by atoms with Crippen LogP contribution in [0.15, 0.2) is 60.8 Å². The normalized spacial score (nSPS) is 10.3. The lowest BCUT2D eigenvalue weighted by molar-refractivity contribution is 0.215. The van der Waals surface area contributed by atoms with Gasteiger partial charge in [0.25, 0.3) is 0 Å². The molecule has 0 spiro atoms. The Morgan fingerprint density at radius 2 is 1.83 bits per heavy atom. The molecule has 116 valence electrons. The molecule has 6 heteroatoms. The van der Waals surface area contributed by atoms with Crippen LogP contribution in [-0.2, 0) is 0 Å². The Labute approximate surface area is 138 Å². The summed E-state index contributed by atoms with van der Waals surface area (Å²) in [5.74, 6) is 0.387. The van der Waals surface area contributed by atoms with E-state index < -0.39 is 6.09 Å². The third kappa shape index (κ3) is 3.35. The van der Waals surface area contributed by atoms with Gasteiger partial charge in [0.1, 0.15) is 0 Å². The molecule has 0 unspecified atom stereocenters. The van der Waals surface area contributed by atoms with Gasteiger partial charge in [-0.25, -0.2) is 9.48 Å². The fourth-order valence-electron chi connectivity index (χ4n) is 2.12. The SMILES string of the molecule is Cc1c(OC(=O)Nc2ccccc2Cl)cnn1-c1ccccc1. The molecule has 23 heavy (non-hydrogen) atoms. The zero-order valence-electron chi connectivity index (χ0n) is 12.4. The van der Waals surface area contributed by atoms with Crippen LogP contribution >= 0.6 is 11.6 Å². The maximum Gasteiger partial charge on any atom is 0.417 e. The Morgan fingerprint density at radius 3 is 2.57 bits per heavy atom. The summed E-state index contributed by atoms with van der Waals surface area (Å²) in [7, 11) is 0. The summed E-state index contributed by atoms with van der Waals surface area (Å²) in [5.41, 5.74) is 2.11. The quantitative estimate of drug-likeness (QED) is 0.773. The van der Waals surface area contributed by atoms with Crippen molar-refractivity contribution in [2.75, 3.05) is 5.32 Å². The predicted molar refractivity (Wildman–Crippen MR) is 89.4 cm³/mol. The maximum absolute atomic E-state index is 12.0. The number of hydrogen-bond acceptors (Lipinski definition) is 3. The number of ether oxygens (including phenoxy) is 1. The van der Waals surface area contributed by atoms with Crippen LogP contribution in [-0.4, -0.2) is 15.9 Å². The molecule has 0 saturated carbocycles. The number of para-hydroxylation sites is 2. The Morgan fingerprint density at radius 1 is 1.13 bits per heavy atom. The lowest BCUT2D eigenvalue weighted by Crippen LogP contribution is -2.17. The summed E-state index contributed by atoms with van der Waals surface area (Å²) < 4.78 is 7.02. The van der Waals surface area contributed by atoms with Gasteiger partial charge in [0.2, 0.25) is 0 Å². The van der Waals surface area contributed by atoms with Crippen molar-refractivity contribution in [1.29, 1.82) is 0 Å². The molecule has 0 fully saturated rings. The van der Waals surface area contributed by atoms with Crippen LogP contribution in [0.1, 0.15) is 5.69 Å². The number of rotatable bonds is 3. The summed E-state index contributed by atoms with van der Waals surface area (Å²) >= 11 is 6.00. The molecule has 0 bridgehead atoms. The average Bonchev–Trinajstić information content (AvgIpc) is 2.91. The van der Waals surface area contributed by atoms with Crippen LogP contribution in [0.5, 0.6) is 5.75 Å². The van der Waals surface area contributed by atoms with E-state index in [4.69, 9.17) is 16.3 Å². The fourth-order valence-corrected chi connectivity index (χ4v) is 2.31. The molecule has 0 radical (unpaired) electrons. The second kappa shape index (κ2) is 6.54. The van der Waals surface area contributed by atoms with Gasteiger partial charge in [0, 0.05) is 0 Å². The van der Waals surface area contributed by atoms with Gasteiger partial charge in [0.05, 0.1) is 28.3 Å². The molecule has 0 saturated heterocycles. The van der Waals surface area contributed by atoms with E-state index in [9.17, 15) is 4.79 Å². The number of anilines is 1. The summed E-state index contributed by atoms with van der Waals surface area (Å²) in [6.45, 7) is 1.83. The summed E-state index contributed by atoms with van der Waals surface area (Å²) in [5, 5.41) is 7.30. The molecule has 0 atom stereocenters. The van der Waals surface area contributed by atoms with Crippen LogP contribution in [0.25, 0.3) is 5.69 Å². The van der Waals surface area contributed by atoms with Gasteiger partial charge in [-0.05, 0) is 31.2 Å². The molecule has 1 N–H and O–H groups in total. The van der Waals surface area contributed by atoms with E-state index in [0.29, 0.717) is 16.5 Å². The lowest BCUT2D eigenvalue weighted by Gasteiger charge is -2.08. The van der Waals surface area contributed by atoms with Crippen LogP contribution in [0.2, 0.25) is 5.02 Å². The highest BCUT2D eigenvalue weighted by Crippen LogP contribution is 2.23. The summed E-state index contributed by atoms with van der Waals surface area (Å²) in [4.78, 5) is 12.0. The minimum atomic E-state index is -0.617. The van der Waals surface area contributed by atoms with Crippen molar-refractivity contribution in [1.82, 2.24) is 9.78 Å². The second-order valence-electron chi connectivity index (χ2n) is 4.84. The van der Waals surface area contributed by atoms with Crippen molar-refractivity contribution in [3.63, 3.8) is 0 Å². The van der Waals surface area contributed by atoms with Crippen molar-refractivity contribution in [2.45, 2.75) is 6.92 Å². The van der Waals surface area contributed by atoms with Crippen molar-refractivity contribution >= 4 is 23.4 Å². The number of benzene rings is 2. The smallest absolute Gasteiger partial charge is 0.406 e.